The number of nitrogens with one attached hydrogen (secondary N) is 2. The van der Waals surface area contributed by atoms with Crippen LogP contribution in [0.4, 0.5) is 10.5 Å². The molecule has 0 bridgehead atoms. The Labute approximate surface area is 131 Å². The van der Waals surface area contributed by atoms with Crippen molar-refractivity contribution in [3.63, 3.8) is 0 Å². The maximum Gasteiger partial charge on any atom is 0.319 e. The van der Waals surface area contributed by atoms with E-state index in [0.717, 1.165) is 16.9 Å². The second kappa shape index (κ2) is 7.18. The maximum absolute atomic E-state index is 12.0. The molecule has 0 aliphatic heterocycles. The third-order valence-corrected chi connectivity index (χ3v) is 3.78. The van der Waals surface area contributed by atoms with Gasteiger partial charge in [0.2, 0.25) is 0 Å². The summed E-state index contributed by atoms with van der Waals surface area (Å²) in [4.78, 5) is 12.8. The van der Waals surface area contributed by atoms with Crippen LogP contribution in [0.2, 0.25) is 0 Å². The minimum Gasteiger partial charge on any atom is -0.331 e. The van der Waals surface area contributed by atoms with E-state index < -0.39 is 0 Å². The first-order chi connectivity index (χ1) is 10.1. The van der Waals surface area contributed by atoms with Gasteiger partial charge >= 0.3 is 6.03 Å². The number of aryl methyl sites for hydroxylation is 1. The molecule has 2 aromatic rings. The lowest BCUT2D eigenvalue weighted by atomic mass is 10.1. The first-order valence-electron chi connectivity index (χ1n) is 7.04. The Bertz CT molecular complexity index is 610. The molecule has 0 saturated heterocycles. The number of urea groups is 1. The number of carbonyl (C=O) groups excluding carboxylic acids is 1. The van der Waals surface area contributed by atoms with Crippen molar-refractivity contribution < 1.29 is 4.79 Å². The standard InChI is InChI=1S/C17H20N2OS/c1-3-13-8-10-14(11-9-13)12(2)18-17(20)19-15-6-4-5-7-16(15)21/h4-12,21H,3H2,1-2H3,(H2,18,19,20). The molecular formula is C17H20N2OS. The van der Waals surface area contributed by atoms with Crippen LogP contribution in [-0.4, -0.2) is 6.03 Å². The summed E-state index contributed by atoms with van der Waals surface area (Å²) in [6.07, 6.45) is 1.02. The highest BCUT2D eigenvalue weighted by molar-refractivity contribution is 7.80. The van der Waals surface area contributed by atoms with Crippen LogP contribution in [0.25, 0.3) is 0 Å². The molecule has 3 nitrogen and oxygen atoms in total. The number of thiol groups is 1. The average Bonchev–Trinajstić information content (AvgIpc) is 2.49. The van der Waals surface area contributed by atoms with E-state index in [1.54, 1.807) is 0 Å². The topological polar surface area (TPSA) is 41.1 Å². The molecule has 0 radical (unpaired) electrons. The predicted molar refractivity (Wildman–Crippen MR) is 90.1 cm³/mol. The lowest BCUT2D eigenvalue weighted by Gasteiger charge is -2.16. The highest BCUT2D eigenvalue weighted by atomic mass is 32.1. The van der Waals surface area contributed by atoms with E-state index in [2.05, 4.69) is 54.5 Å². The number of amides is 2. The molecule has 2 aromatic carbocycles. The highest BCUT2D eigenvalue weighted by Crippen LogP contribution is 2.19. The molecule has 2 N–H and O–H groups in total. The van der Waals surface area contributed by atoms with Gasteiger partial charge in [0.1, 0.15) is 0 Å². The summed E-state index contributed by atoms with van der Waals surface area (Å²) in [6, 6.07) is 15.4. The number of hydrogen-bond acceptors (Lipinski definition) is 2. The van der Waals surface area contributed by atoms with Gasteiger partial charge in [-0.3, -0.25) is 0 Å². The summed E-state index contributed by atoms with van der Waals surface area (Å²) in [5.74, 6) is 0. The van der Waals surface area contributed by atoms with E-state index in [0.29, 0.717) is 5.69 Å². The van der Waals surface area contributed by atoms with Crippen molar-refractivity contribution in [2.45, 2.75) is 31.2 Å². The van der Waals surface area contributed by atoms with Crippen LogP contribution in [0.3, 0.4) is 0 Å². The van der Waals surface area contributed by atoms with E-state index in [4.69, 9.17) is 0 Å². The molecule has 1 atom stereocenters. The van der Waals surface area contributed by atoms with E-state index in [9.17, 15) is 4.79 Å². The van der Waals surface area contributed by atoms with Crippen molar-refractivity contribution in [1.82, 2.24) is 5.32 Å². The molecule has 0 aliphatic rings. The summed E-state index contributed by atoms with van der Waals surface area (Å²) in [7, 11) is 0. The van der Waals surface area contributed by atoms with Crippen molar-refractivity contribution in [1.29, 1.82) is 0 Å². The fraction of sp³-hybridized carbons (Fsp3) is 0.235. The molecule has 2 amide bonds. The van der Waals surface area contributed by atoms with Crippen molar-refractivity contribution in [2.75, 3.05) is 5.32 Å². The minimum absolute atomic E-state index is 0.0528. The second-order valence-corrected chi connectivity index (χ2v) is 5.41. The van der Waals surface area contributed by atoms with Crippen LogP contribution in [0.1, 0.15) is 31.0 Å². The molecule has 0 fully saturated rings. The first kappa shape index (κ1) is 15.4. The molecule has 0 aromatic heterocycles. The lowest BCUT2D eigenvalue weighted by molar-refractivity contribution is 0.249. The van der Waals surface area contributed by atoms with Gasteiger partial charge in [0, 0.05) is 4.90 Å². The van der Waals surface area contributed by atoms with Gasteiger partial charge in [0.05, 0.1) is 11.7 Å². The van der Waals surface area contributed by atoms with Crippen molar-refractivity contribution in [3.8, 4) is 0 Å². The number of carbonyl (C=O) groups is 1. The van der Waals surface area contributed by atoms with E-state index in [1.165, 1.54) is 5.56 Å². The maximum atomic E-state index is 12.0. The van der Waals surface area contributed by atoms with Gasteiger partial charge in [-0.15, -0.1) is 12.6 Å². The van der Waals surface area contributed by atoms with Crippen molar-refractivity contribution in [3.05, 3.63) is 59.7 Å². The van der Waals surface area contributed by atoms with E-state index >= 15 is 0 Å². The molecule has 1 unspecified atom stereocenters. The Morgan fingerprint density at radius 3 is 2.43 bits per heavy atom. The summed E-state index contributed by atoms with van der Waals surface area (Å²) >= 11 is 4.31. The van der Waals surface area contributed by atoms with Crippen LogP contribution >= 0.6 is 12.6 Å². The largest absolute Gasteiger partial charge is 0.331 e. The van der Waals surface area contributed by atoms with Gasteiger partial charge in [-0.05, 0) is 36.6 Å². The molecule has 110 valence electrons. The van der Waals surface area contributed by atoms with Crippen LogP contribution in [-0.2, 0) is 6.42 Å². The normalized spacial score (nSPS) is 11.8. The second-order valence-electron chi connectivity index (χ2n) is 4.93. The van der Waals surface area contributed by atoms with Gasteiger partial charge in [0.25, 0.3) is 0 Å². The van der Waals surface area contributed by atoms with Gasteiger partial charge in [-0.1, -0.05) is 43.3 Å². The van der Waals surface area contributed by atoms with Gasteiger partial charge < -0.3 is 10.6 Å². The summed E-state index contributed by atoms with van der Waals surface area (Å²) in [5.41, 5.74) is 3.08. The molecular weight excluding hydrogens is 280 g/mol. The Hall–Kier alpha value is -1.94. The van der Waals surface area contributed by atoms with Crippen LogP contribution in [0.5, 0.6) is 0 Å². The number of para-hydroxylation sites is 1. The van der Waals surface area contributed by atoms with Crippen LogP contribution in [0, 0.1) is 0 Å². The quantitative estimate of drug-likeness (QED) is 0.719. The molecule has 4 heteroatoms. The molecule has 0 heterocycles. The summed E-state index contributed by atoms with van der Waals surface area (Å²) < 4.78 is 0. The van der Waals surface area contributed by atoms with Gasteiger partial charge in [-0.25, -0.2) is 4.79 Å². The fourth-order valence-electron chi connectivity index (χ4n) is 2.06. The van der Waals surface area contributed by atoms with Gasteiger partial charge in [0.15, 0.2) is 0 Å². The smallest absolute Gasteiger partial charge is 0.319 e. The van der Waals surface area contributed by atoms with Crippen molar-refractivity contribution >= 4 is 24.3 Å². The Morgan fingerprint density at radius 2 is 1.81 bits per heavy atom. The van der Waals surface area contributed by atoms with E-state index in [-0.39, 0.29) is 12.1 Å². The molecule has 2 rings (SSSR count). The minimum atomic E-state index is -0.233. The molecule has 0 spiro atoms. The van der Waals surface area contributed by atoms with E-state index in [1.807, 2.05) is 31.2 Å². The third-order valence-electron chi connectivity index (χ3n) is 3.39. The summed E-state index contributed by atoms with van der Waals surface area (Å²) in [5, 5.41) is 5.73. The number of anilines is 1. The number of rotatable bonds is 4. The fourth-order valence-corrected chi connectivity index (χ4v) is 2.28. The SMILES string of the molecule is CCc1ccc(C(C)NC(=O)Nc2ccccc2S)cc1. The Morgan fingerprint density at radius 1 is 1.14 bits per heavy atom. The summed E-state index contributed by atoms with van der Waals surface area (Å²) in [6.45, 7) is 4.09. The molecule has 0 aliphatic carbocycles. The monoisotopic (exact) mass is 300 g/mol. The zero-order valence-electron chi connectivity index (χ0n) is 12.3. The number of hydrogen-bond donors (Lipinski definition) is 3. The Kier molecular flexibility index (Phi) is 5.28. The number of benzene rings is 2. The molecule has 21 heavy (non-hydrogen) atoms. The van der Waals surface area contributed by atoms with Crippen LogP contribution < -0.4 is 10.6 Å². The third kappa shape index (κ3) is 4.26. The Balaban J connectivity index is 1.97. The van der Waals surface area contributed by atoms with Crippen molar-refractivity contribution in [2.24, 2.45) is 0 Å². The lowest BCUT2D eigenvalue weighted by Crippen LogP contribution is -2.31. The zero-order valence-corrected chi connectivity index (χ0v) is 13.2. The van der Waals surface area contributed by atoms with Gasteiger partial charge in [-0.2, -0.15) is 0 Å². The molecule has 0 saturated carbocycles. The zero-order chi connectivity index (χ0) is 15.2. The van der Waals surface area contributed by atoms with Crippen LogP contribution in [0.15, 0.2) is 53.4 Å². The average molecular weight is 300 g/mol. The first-order valence-corrected chi connectivity index (χ1v) is 7.49. The predicted octanol–water partition coefficient (Wildman–Crippen LogP) is 4.42. The highest BCUT2D eigenvalue weighted by Gasteiger charge is 2.10.